The average molecular weight is 186 g/mol. The van der Waals surface area contributed by atoms with Gasteiger partial charge in [0.05, 0.1) is 17.6 Å². The second-order valence-electron chi connectivity index (χ2n) is 3.00. The summed E-state index contributed by atoms with van der Waals surface area (Å²) < 4.78 is 24.5. The highest BCUT2D eigenvalue weighted by Crippen LogP contribution is 2.23. The minimum absolute atomic E-state index is 0.270. The van der Waals surface area contributed by atoms with E-state index >= 15 is 0 Å². The first-order chi connectivity index (χ1) is 5.61. The molecule has 0 bridgehead atoms. The zero-order chi connectivity index (χ0) is 8.77. The van der Waals surface area contributed by atoms with Crippen LogP contribution in [0.15, 0.2) is 11.1 Å². The quantitative estimate of drug-likeness (QED) is 0.579. The smallest absolute Gasteiger partial charge is 0.181 e. The molecule has 0 atom stereocenters. The average Bonchev–Trinajstić information content (AvgIpc) is 2.33. The summed E-state index contributed by atoms with van der Waals surface area (Å²) in [6, 6.07) is 0. The highest BCUT2D eigenvalue weighted by atomic mass is 32.2. The van der Waals surface area contributed by atoms with E-state index in [1.54, 1.807) is 11.7 Å². The number of aryl methyl sites for hydroxylation is 1. The topological polar surface area (TPSA) is 52.0 Å². The van der Waals surface area contributed by atoms with Crippen LogP contribution in [0, 0.1) is 0 Å². The monoisotopic (exact) mass is 186 g/mol. The standard InChI is InChI=1S/C7H10N2O2S/c1-9-6-3-2-4-12(10,11)7(6)5-8-9/h5H,2-4H2,1H3. The molecule has 5 heteroatoms. The molecule has 2 rings (SSSR count). The molecule has 0 spiro atoms. The first-order valence-corrected chi connectivity index (χ1v) is 5.50. The molecule has 0 saturated heterocycles. The van der Waals surface area contributed by atoms with Gasteiger partial charge in [0.2, 0.25) is 0 Å². The van der Waals surface area contributed by atoms with Gasteiger partial charge in [0.15, 0.2) is 9.84 Å². The molecule has 2 heterocycles. The van der Waals surface area contributed by atoms with Crippen molar-refractivity contribution in [2.45, 2.75) is 17.7 Å². The highest BCUT2D eigenvalue weighted by Gasteiger charge is 2.26. The fourth-order valence-corrected chi connectivity index (χ4v) is 3.07. The van der Waals surface area contributed by atoms with Crippen LogP contribution in [0.3, 0.4) is 0 Å². The Balaban J connectivity index is 2.69. The molecule has 0 N–H and O–H groups in total. The van der Waals surface area contributed by atoms with Crippen LogP contribution in [0.25, 0.3) is 0 Å². The van der Waals surface area contributed by atoms with Gasteiger partial charge in [-0.1, -0.05) is 0 Å². The van der Waals surface area contributed by atoms with Crippen molar-refractivity contribution in [1.29, 1.82) is 0 Å². The molecule has 0 unspecified atom stereocenters. The van der Waals surface area contributed by atoms with Gasteiger partial charge in [-0.15, -0.1) is 0 Å². The molecule has 1 aromatic rings. The Morgan fingerprint density at radius 3 is 3.00 bits per heavy atom. The Morgan fingerprint density at radius 1 is 1.58 bits per heavy atom. The van der Waals surface area contributed by atoms with Crippen molar-refractivity contribution in [2.75, 3.05) is 5.75 Å². The molecule has 0 radical (unpaired) electrons. The minimum atomic E-state index is -3.00. The lowest BCUT2D eigenvalue weighted by Crippen LogP contribution is -2.16. The van der Waals surface area contributed by atoms with Gasteiger partial charge in [0, 0.05) is 7.05 Å². The molecule has 1 aromatic heterocycles. The number of aromatic nitrogens is 2. The van der Waals surface area contributed by atoms with E-state index in [9.17, 15) is 8.42 Å². The predicted octanol–water partition coefficient (Wildman–Crippen LogP) is 0.140. The first-order valence-electron chi connectivity index (χ1n) is 3.85. The molecule has 1 aliphatic heterocycles. The fraction of sp³-hybridized carbons (Fsp3) is 0.571. The summed E-state index contributed by atoms with van der Waals surface area (Å²) in [5.41, 5.74) is 0.848. The number of nitrogens with zero attached hydrogens (tertiary/aromatic N) is 2. The van der Waals surface area contributed by atoms with Crippen molar-refractivity contribution in [3.8, 4) is 0 Å². The zero-order valence-corrected chi connectivity index (χ0v) is 7.63. The summed E-state index contributed by atoms with van der Waals surface area (Å²) in [4.78, 5) is 0.427. The van der Waals surface area contributed by atoms with E-state index in [4.69, 9.17) is 0 Å². The number of fused-ring (bicyclic) bond motifs is 1. The van der Waals surface area contributed by atoms with Crippen molar-refractivity contribution in [3.05, 3.63) is 11.9 Å². The maximum atomic E-state index is 11.4. The molecule has 1 aliphatic rings. The van der Waals surface area contributed by atoms with Crippen LogP contribution in [0.2, 0.25) is 0 Å². The van der Waals surface area contributed by atoms with Gasteiger partial charge in [-0.05, 0) is 12.8 Å². The summed E-state index contributed by atoms with van der Waals surface area (Å²) in [5, 5.41) is 3.93. The lowest BCUT2D eigenvalue weighted by molar-refractivity contribution is 0.581. The lowest BCUT2D eigenvalue weighted by atomic mass is 10.2. The van der Waals surface area contributed by atoms with E-state index in [0.29, 0.717) is 4.90 Å². The molecule has 66 valence electrons. The molecule has 0 fully saturated rings. The van der Waals surface area contributed by atoms with E-state index < -0.39 is 9.84 Å². The van der Waals surface area contributed by atoms with Crippen molar-refractivity contribution >= 4 is 9.84 Å². The van der Waals surface area contributed by atoms with Crippen LogP contribution >= 0.6 is 0 Å². The van der Waals surface area contributed by atoms with Crippen LogP contribution in [0.4, 0.5) is 0 Å². The third-order valence-corrected chi connectivity index (χ3v) is 4.02. The van der Waals surface area contributed by atoms with Gasteiger partial charge in [-0.2, -0.15) is 5.10 Å². The summed E-state index contributed by atoms with van der Waals surface area (Å²) in [7, 11) is -1.23. The Hall–Kier alpha value is -0.840. The fourth-order valence-electron chi connectivity index (χ4n) is 1.53. The van der Waals surface area contributed by atoms with Gasteiger partial charge < -0.3 is 0 Å². The van der Waals surface area contributed by atoms with Crippen LogP contribution in [-0.4, -0.2) is 24.0 Å². The van der Waals surface area contributed by atoms with Gasteiger partial charge in [-0.25, -0.2) is 8.42 Å². The van der Waals surface area contributed by atoms with E-state index in [-0.39, 0.29) is 5.75 Å². The summed E-state index contributed by atoms with van der Waals surface area (Å²) in [6.07, 6.45) is 2.99. The molecule has 0 aromatic carbocycles. The Labute approximate surface area is 71.1 Å². The van der Waals surface area contributed by atoms with E-state index in [2.05, 4.69) is 5.10 Å². The molecule has 12 heavy (non-hydrogen) atoms. The molecule has 0 saturated carbocycles. The van der Waals surface area contributed by atoms with Gasteiger partial charge >= 0.3 is 0 Å². The van der Waals surface area contributed by atoms with Gasteiger partial charge in [0.25, 0.3) is 0 Å². The Kier molecular flexibility index (Phi) is 1.51. The number of sulfone groups is 1. The molecule has 4 nitrogen and oxygen atoms in total. The van der Waals surface area contributed by atoms with E-state index in [0.717, 1.165) is 18.5 Å². The van der Waals surface area contributed by atoms with Gasteiger partial charge in [-0.3, -0.25) is 4.68 Å². The lowest BCUT2D eigenvalue weighted by Gasteiger charge is -2.11. The van der Waals surface area contributed by atoms with Crippen molar-refractivity contribution in [3.63, 3.8) is 0 Å². The SMILES string of the molecule is Cn1ncc2c1CCCS2(=O)=O. The Bertz CT molecular complexity index is 405. The number of hydrogen-bond acceptors (Lipinski definition) is 3. The second kappa shape index (κ2) is 2.32. The summed E-state index contributed by atoms with van der Waals surface area (Å²) >= 11 is 0. The van der Waals surface area contributed by atoms with Crippen LogP contribution < -0.4 is 0 Å². The van der Waals surface area contributed by atoms with Crippen LogP contribution in [0.1, 0.15) is 12.1 Å². The van der Waals surface area contributed by atoms with Crippen molar-refractivity contribution in [2.24, 2.45) is 7.05 Å². The second-order valence-corrected chi connectivity index (χ2v) is 5.08. The highest BCUT2D eigenvalue weighted by molar-refractivity contribution is 7.91. The number of hydrogen-bond donors (Lipinski definition) is 0. The largest absolute Gasteiger partial charge is 0.271 e. The maximum absolute atomic E-state index is 11.4. The van der Waals surface area contributed by atoms with Crippen molar-refractivity contribution in [1.82, 2.24) is 9.78 Å². The summed E-state index contributed by atoms with van der Waals surface area (Å²) in [6.45, 7) is 0. The molecular formula is C7H10N2O2S. The predicted molar refractivity (Wildman–Crippen MR) is 43.6 cm³/mol. The van der Waals surface area contributed by atoms with E-state index in [1.165, 1.54) is 6.20 Å². The first kappa shape index (κ1) is 7.79. The third-order valence-electron chi connectivity index (χ3n) is 2.18. The molecule has 0 aliphatic carbocycles. The van der Waals surface area contributed by atoms with Gasteiger partial charge in [0.1, 0.15) is 4.90 Å². The zero-order valence-electron chi connectivity index (χ0n) is 6.82. The molecular weight excluding hydrogens is 176 g/mol. The van der Waals surface area contributed by atoms with Crippen LogP contribution in [-0.2, 0) is 23.3 Å². The van der Waals surface area contributed by atoms with Crippen molar-refractivity contribution < 1.29 is 8.42 Å². The number of rotatable bonds is 0. The van der Waals surface area contributed by atoms with E-state index in [1.807, 2.05) is 0 Å². The minimum Gasteiger partial charge on any atom is -0.271 e. The molecule has 0 amide bonds. The Morgan fingerprint density at radius 2 is 2.33 bits per heavy atom. The van der Waals surface area contributed by atoms with Crippen LogP contribution in [0.5, 0.6) is 0 Å². The third kappa shape index (κ3) is 0.964. The maximum Gasteiger partial charge on any atom is 0.181 e. The normalized spacial score (nSPS) is 20.4. The summed E-state index contributed by atoms with van der Waals surface area (Å²) in [5.74, 6) is 0.270.